The van der Waals surface area contributed by atoms with Crippen molar-refractivity contribution in [2.24, 2.45) is 0 Å². The number of rotatable bonds is 6. The van der Waals surface area contributed by atoms with Crippen molar-refractivity contribution in [1.29, 1.82) is 5.26 Å². The van der Waals surface area contributed by atoms with E-state index in [2.05, 4.69) is 95.8 Å². The topological polar surface area (TPSA) is 66.8 Å². The summed E-state index contributed by atoms with van der Waals surface area (Å²) in [5, 5.41) is 11.8. The maximum Gasteiger partial charge on any atom is 0.189 e. The summed E-state index contributed by atoms with van der Waals surface area (Å²) < 4.78 is 0. The van der Waals surface area contributed by atoms with Crippen molar-refractivity contribution in [3.05, 3.63) is 181 Å². The molecule has 5 nitrogen and oxygen atoms in total. The molecule has 8 rings (SSSR count). The van der Waals surface area contributed by atoms with Crippen molar-refractivity contribution in [1.82, 2.24) is 15.0 Å². The standard InChI is InChI=1S/C45H27N5/c1-47-39-27-30(29-46)26-38(28-39)31-16-18-33(19-17-31)41-25-24-32-10-8-9-15-40(32)42(41)34-20-22-37(23-21-34)45-49-43(35-11-4-2-5-12-35)48-44(50-45)36-13-6-3-7-14-36/h2-28H. The third kappa shape index (κ3) is 5.88. The molecular weight excluding hydrogens is 611 g/mol. The van der Waals surface area contributed by atoms with Gasteiger partial charge in [0.15, 0.2) is 23.2 Å². The minimum absolute atomic E-state index is 0.452. The lowest BCUT2D eigenvalue weighted by molar-refractivity contribution is 1.07. The summed E-state index contributed by atoms with van der Waals surface area (Å²) in [7, 11) is 0. The van der Waals surface area contributed by atoms with Gasteiger partial charge >= 0.3 is 0 Å². The molecule has 0 fully saturated rings. The average molecular weight is 638 g/mol. The fraction of sp³-hybridized carbons (Fsp3) is 0. The smallest absolute Gasteiger partial charge is 0.189 e. The van der Waals surface area contributed by atoms with Crippen LogP contribution in [0, 0.1) is 17.9 Å². The van der Waals surface area contributed by atoms with Crippen LogP contribution in [0.25, 0.3) is 83.2 Å². The highest BCUT2D eigenvalue weighted by Crippen LogP contribution is 2.40. The Bertz CT molecular complexity index is 2490. The molecule has 0 spiro atoms. The highest BCUT2D eigenvalue weighted by Gasteiger charge is 2.15. The summed E-state index contributed by atoms with van der Waals surface area (Å²) >= 11 is 0. The third-order valence-electron chi connectivity index (χ3n) is 8.77. The molecule has 0 unspecified atom stereocenters. The van der Waals surface area contributed by atoms with Gasteiger partial charge < -0.3 is 0 Å². The molecule has 0 radical (unpaired) electrons. The summed E-state index contributed by atoms with van der Waals surface area (Å²) in [6.45, 7) is 7.45. The van der Waals surface area contributed by atoms with Gasteiger partial charge in [0.25, 0.3) is 0 Å². The number of aromatic nitrogens is 3. The first-order valence-corrected chi connectivity index (χ1v) is 16.2. The highest BCUT2D eigenvalue weighted by atomic mass is 15.0. The van der Waals surface area contributed by atoms with E-state index in [-0.39, 0.29) is 0 Å². The summed E-state index contributed by atoms with van der Waals surface area (Å²) in [4.78, 5) is 18.2. The molecule has 0 saturated heterocycles. The van der Waals surface area contributed by atoms with E-state index in [0.717, 1.165) is 60.8 Å². The molecule has 0 aliphatic heterocycles. The molecule has 0 amide bonds. The summed E-state index contributed by atoms with van der Waals surface area (Å²) in [5.74, 6) is 1.87. The second-order valence-electron chi connectivity index (χ2n) is 11.9. The Kier molecular flexibility index (Phi) is 7.91. The van der Waals surface area contributed by atoms with Gasteiger partial charge in [0.05, 0.1) is 12.6 Å². The lowest BCUT2D eigenvalue weighted by Crippen LogP contribution is -2.00. The first-order valence-electron chi connectivity index (χ1n) is 16.2. The number of nitrogens with zero attached hydrogens (tertiary/aromatic N) is 5. The SMILES string of the molecule is [C-]#[N+]c1cc(C#N)cc(-c2ccc(-c3ccc4ccccc4c3-c3ccc(-c4nc(-c5ccccc5)nc(-c5ccccc5)n4)cc3)cc2)c1. The van der Waals surface area contributed by atoms with Crippen LogP contribution in [0.4, 0.5) is 5.69 Å². The number of benzene rings is 7. The first kappa shape index (κ1) is 30.1. The van der Waals surface area contributed by atoms with Gasteiger partial charge in [-0.1, -0.05) is 146 Å². The summed E-state index contributed by atoms with van der Waals surface area (Å²) in [5.41, 5.74) is 9.87. The molecule has 0 atom stereocenters. The fourth-order valence-corrected chi connectivity index (χ4v) is 6.30. The van der Waals surface area contributed by atoms with Crippen molar-refractivity contribution in [2.75, 3.05) is 0 Å². The molecule has 0 saturated carbocycles. The van der Waals surface area contributed by atoms with Gasteiger partial charge in [0, 0.05) is 22.3 Å². The molecular formula is C45H27N5. The zero-order valence-corrected chi connectivity index (χ0v) is 26.8. The monoisotopic (exact) mass is 637 g/mol. The van der Waals surface area contributed by atoms with Crippen LogP contribution in [0.2, 0.25) is 0 Å². The maximum atomic E-state index is 9.49. The maximum absolute atomic E-state index is 9.49. The van der Waals surface area contributed by atoms with Crippen LogP contribution in [0.15, 0.2) is 164 Å². The lowest BCUT2D eigenvalue weighted by Gasteiger charge is -2.15. The van der Waals surface area contributed by atoms with Crippen molar-refractivity contribution in [3.63, 3.8) is 0 Å². The van der Waals surface area contributed by atoms with Crippen molar-refractivity contribution >= 4 is 16.5 Å². The van der Waals surface area contributed by atoms with E-state index < -0.39 is 0 Å². The Labute approximate surface area is 290 Å². The van der Waals surface area contributed by atoms with Gasteiger partial charge in [-0.05, 0) is 62.4 Å². The molecule has 1 heterocycles. The molecule has 0 N–H and O–H groups in total. The Morgan fingerprint density at radius 2 is 0.980 bits per heavy atom. The molecule has 1 aromatic heterocycles. The lowest BCUT2D eigenvalue weighted by atomic mass is 9.89. The van der Waals surface area contributed by atoms with Crippen molar-refractivity contribution in [3.8, 4) is 73.6 Å². The normalized spacial score (nSPS) is 10.8. The first-order chi connectivity index (χ1) is 24.7. The Morgan fingerprint density at radius 1 is 0.460 bits per heavy atom. The van der Waals surface area contributed by atoms with E-state index >= 15 is 0 Å². The second-order valence-corrected chi connectivity index (χ2v) is 11.9. The van der Waals surface area contributed by atoms with Gasteiger partial charge in [0.2, 0.25) is 0 Å². The van der Waals surface area contributed by atoms with Crippen LogP contribution in [-0.4, -0.2) is 15.0 Å². The largest absolute Gasteiger partial charge is 0.238 e. The van der Waals surface area contributed by atoms with Gasteiger partial charge in [0.1, 0.15) is 0 Å². The molecule has 0 aliphatic carbocycles. The predicted molar refractivity (Wildman–Crippen MR) is 201 cm³/mol. The van der Waals surface area contributed by atoms with Crippen LogP contribution in [0.5, 0.6) is 0 Å². The van der Waals surface area contributed by atoms with E-state index in [4.69, 9.17) is 21.5 Å². The van der Waals surface area contributed by atoms with Crippen molar-refractivity contribution < 1.29 is 0 Å². The van der Waals surface area contributed by atoms with E-state index in [1.54, 1.807) is 6.07 Å². The number of nitriles is 1. The van der Waals surface area contributed by atoms with Crippen LogP contribution in [-0.2, 0) is 0 Å². The van der Waals surface area contributed by atoms with Crippen LogP contribution in [0.1, 0.15) is 5.56 Å². The third-order valence-corrected chi connectivity index (χ3v) is 8.77. The molecule has 50 heavy (non-hydrogen) atoms. The molecule has 8 aromatic rings. The molecule has 0 aliphatic rings. The minimum atomic E-state index is 0.452. The predicted octanol–water partition coefficient (Wildman–Crippen LogP) is 11.4. The van der Waals surface area contributed by atoms with E-state index in [0.29, 0.717) is 28.7 Å². The van der Waals surface area contributed by atoms with Gasteiger partial charge in [-0.3, -0.25) is 0 Å². The molecule has 0 bridgehead atoms. The molecule has 7 aromatic carbocycles. The minimum Gasteiger partial charge on any atom is -0.238 e. The van der Waals surface area contributed by atoms with E-state index in [9.17, 15) is 5.26 Å². The summed E-state index contributed by atoms with van der Waals surface area (Å²) in [6, 6.07) is 57.0. The van der Waals surface area contributed by atoms with Crippen molar-refractivity contribution in [2.45, 2.75) is 0 Å². The quantitative estimate of drug-likeness (QED) is 0.170. The van der Waals surface area contributed by atoms with E-state index in [1.807, 2.05) is 72.8 Å². The number of fused-ring (bicyclic) bond motifs is 1. The van der Waals surface area contributed by atoms with Crippen LogP contribution >= 0.6 is 0 Å². The number of hydrogen-bond donors (Lipinski definition) is 0. The fourth-order valence-electron chi connectivity index (χ4n) is 6.30. The van der Waals surface area contributed by atoms with Gasteiger partial charge in [-0.15, -0.1) is 0 Å². The Hall–Kier alpha value is -7.21. The Balaban J connectivity index is 1.21. The second kappa shape index (κ2) is 13.1. The van der Waals surface area contributed by atoms with Crippen LogP contribution in [0.3, 0.4) is 0 Å². The zero-order chi connectivity index (χ0) is 33.9. The highest BCUT2D eigenvalue weighted by molar-refractivity contribution is 6.04. The molecule has 232 valence electrons. The zero-order valence-electron chi connectivity index (χ0n) is 26.8. The average Bonchev–Trinajstić information content (AvgIpc) is 3.20. The van der Waals surface area contributed by atoms with Crippen LogP contribution < -0.4 is 0 Å². The molecule has 5 heteroatoms. The number of hydrogen-bond acceptors (Lipinski definition) is 4. The van der Waals surface area contributed by atoms with Gasteiger partial charge in [-0.2, -0.15) is 5.26 Å². The van der Waals surface area contributed by atoms with Gasteiger partial charge in [-0.25, -0.2) is 19.8 Å². The summed E-state index contributed by atoms with van der Waals surface area (Å²) in [6.07, 6.45) is 0. The van der Waals surface area contributed by atoms with E-state index in [1.165, 1.54) is 0 Å². The Morgan fingerprint density at radius 3 is 1.58 bits per heavy atom.